The fourth-order valence-electron chi connectivity index (χ4n) is 0.847. The Morgan fingerprint density at radius 2 is 2.33 bits per heavy atom. The van der Waals surface area contributed by atoms with Gasteiger partial charge in [0.1, 0.15) is 12.1 Å². The Hall–Kier alpha value is -1.40. The summed E-state index contributed by atoms with van der Waals surface area (Å²) in [6.07, 6.45) is 2.91. The lowest BCUT2D eigenvalue weighted by atomic mass is 10.3. The van der Waals surface area contributed by atoms with Crippen LogP contribution in [0, 0.1) is 0 Å². The zero-order valence-corrected chi connectivity index (χ0v) is 9.12. The molecule has 0 bridgehead atoms. The van der Waals surface area contributed by atoms with Crippen LogP contribution in [0.1, 0.15) is 12.5 Å². The molecule has 0 radical (unpaired) electrons. The first kappa shape index (κ1) is 13.6. The van der Waals surface area contributed by atoms with Crippen LogP contribution in [0.15, 0.2) is 12.5 Å². The van der Waals surface area contributed by atoms with E-state index in [2.05, 4.69) is 15.3 Å². The third-order valence-electron chi connectivity index (χ3n) is 1.69. The average molecular weight is 232 g/mol. The minimum absolute atomic E-state index is 0. The molecule has 84 valence electrons. The van der Waals surface area contributed by atoms with E-state index in [1.54, 1.807) is 13.1 Å². The van der Waals surface area contributed by atoms with Crippen LogP contribution in [-0.4, -0.2) is 21.9 Å². The van der Waals surface area contributed by atoms with Gasteiger partial charge in [0.2, 0.25) is 5.91 Å². The van der Waals surface area contributed by atoms with Gasteiger partial charge in [-0.3, -0.25) is 4.79 Å². The molecule has 15 heavy (non-hydrogen) atoms. The van der Waals surface area contributed by atoms with Gasteiger partial charge < -0.3 is 16.8 Å². The highest BCUT2D eigenvalue weighted by atomic mass is 35.5. The maximum absolute atomic E-state index is 11.1. The fourth-order valence-corrected chi connectivity index (χ4v) is 0.847. The summed E-state index contributed by atoms with van der Waals surface area (Å²) in [5.74, 6) is 0.137. The number of carbonyl (C=O) groups is 1. The zero-order valence-electron chi connectivity index (χ0n) is 8.30. The molecule has 1 heterocycles. The van der Waals surface area contributed by atoms with E-state index < -0.39 is 6.04 Å². The van der Waals surface area contributed by atoms with E-state index in [0.29, 0.717) is 17.9 Å². The van der Waals surface area contributed by atoms with E-state index >= 15 is 0 Å². The van der Waals surface area contributed by atoms with Crippen LogP contribution in [0.4, 0.5) is 5.82 Å². The molecule has 1 unspecified atom stereocenters. The lowest BCUT2D eigenvalue weighted by molar-refractivity contribution is -0.122. The summed E-state index contributed by atoms with van der Waals surface area (Å²) in [4.78, 5) is 18.7. The van der Waals surface area contributed by atoms with Crippen LogP contribution in [0.5, 0.6) is 0 Å². The fraction of sp³-hybridized carbons (Fsp3) is 0.375. The van der Waals surface area contributed by atoms with E-state index in [1.165, 1.54) is 6.33 Å². The van der Waals surface area contributed by atoms with Crippen LogP contribution >= 0.6 is 12.4 Å². The van der Waals surface area contributed by atoms with Crippen LogP contribution in [0.25, 0.3) is 0 Å². The number of nitrogen functional groups attached to an aromatic ring is 1. The molecule has 0 fully saturated rings. The van der Waals surface area contributed by atoms with Gasteiger partial charge in [-0.2, -0.15) is 0 Å². The molecular weight excluding hydrogens is 218 g/mol. The lowest BCUT2D eigenvalue weighted by Gasteiger charge is -2.08. The van der Waals surface area contributed by atoms with Gasteiger partial charge in [-0.15, -0.1) is 12.4 Å². The molecule has 1 rings (SSSR count). The van der Waals surface area contributed by atoms with Gasteiger partial charge in [0.05, 0.1) is 6.04 Å². The van der Waals surface area contributed by atoms with E-state index in [0.717, 1.165) is 0 Å². The first-order valence-electron chi connectivity index (χ1n) is 4.19. The summed E-state index contributed by atoms with van der Waals surface area (Å²) in [5, 5.41) is 2.62. The van der Waals surface area contributed by atoms with Crippen molar-refractivity contribution in [2.75, 3.05) is 5.73 Å². The molecule has 0 aliphatic rings. The average Bonchev–Trinajstić information content (AvgIpc) is 2.16. The number of nitrogens with zero attached hydrogens (tertiary/aromatic N) is 2. The molecule has 0 aromatic carbocycles. The van der Waals surface area contributed by atoms with Crippen LogP contribution < -0.4 is 16.8 Å². The number of hydrogen-bond donors (Lipinski definition) is 3. The highest BCUT2D eigenvalue weighted by Crippen LogP contribution is 2.03. The summed E-state index contributed by atoms with van der Waals surface area (Å²) >= 11 is 0. The summed E-state index contributed by atoms with van der Waals surface area (Å²) in [6.45, 7) is 1.91. The minimum Gasteiger partial charge on any atom is -0.383 e. The van der Waals surface area contributed by atoms with Crippen molar-refractivity contribution in [3.8, 4) is 0 Å². The lowest BCUT2D eigenvalue weighted by Crippen LogP contribution is -2.37. The van der Waals surface area contributed by atoms with Crippen LogP contribution in [-0.2, 0) is 11.3 Å². The molecule has 0 aliphatic heterocycles. The highest BCUT2D eigenvalue weighted by Gasteiger charge is 2.07. The zero-order chi connectivity index (χ0) is 10.6. The van der Waals surface area contributed by atoms with Crippen molar-refractivity contribution >= 4 is 24.1 Å². The Labute approximate surface area is 93.9 Å². The third-order valence-corrected chi connectivity index (χ3v) is 1.69. The minimum atomic E-state index is -0.527. The predicted molar refractivity (Wildman–Crippen MR) is 59.2 cm³/mol. The normalized spacial score (nSPS) is 11.3. The second kappa shape index (κ2) is 6.15. The summed E-state index contributed by atoms with van der Waals surface area (Å²) in [5.41, 5.74) is 11.6. The first-order valence-corrected chi connectivity index (χ1v) is 4.19. The Kier molecular flexibility index (Phi) is 5.58. The summed E-state index contributed by atoms with van der Waals surface area (Å²) in [6, 6.07) is -0.527. The van der Waals surface area contributed by atoms with E-state index in [1.807, 2.05) is 0 Å². The van der Waals surface area contributed by atoms with Crippen molar-refractivity contribution in [2.24, 2.45) is 5.73 Å². The molecular formula is C8H14ClN5O. The van der Waals surface area contributed by atoms with Crippen molar-refractivity contribution in [3.05, 3.63) is 18.1 Å². The number of hydrogen-bond acceptors (Lipinski definition) is 5. The molecule has 6 nitrogen and oxygen atoms in total. The van der Waals surface area contributed by atoms with Gasteiger partial charge in [-0.05, 0) is 6.92 Å². The van der Waals surface area contributed by atoms with Crippen molar-refractivity contribution in [1.82, 2.24) is 15.3 Å². The smallest absolute Gasteiger partial charge is 0.236 e. The van der Waals surface area contributed by atoms with Gasteiger partial charge >= 0.3 is 0 Å². The summed E-state index contributed by atoms with van der Waals surface area (Å²) < 4.78 is 0. The third kappa shape index (κ3) is 4.09. The number of nitrogens with two attached hydrogens (primary N) is 2. The Morgan fingerprint density at radius 1 is 1.67 bits per heavy atom. The molecule has 1 aromatic rings. The summed E-state index contributed by atoms with van der Waals surface area (Å²) in [7, 11) is 0. The number of amides is 1. The molecule has 0 aliphatic carbocycles. The van der Waals surface area contributed by atoms with Crippen LogP contribution in [0.2, 0.25) is 0 Å². The van der Waals surface area contributed by atoms with E-state index in [9.17, 15) is 4.79 Å². The first-order chi connectivity index (χ1) is 6.61. The van der Waals surface area contributed by atoms with Crippen molar-refractivity contribution in [2.45, 2.75) is 19.5 Å². The number of anilines is 1. The Morgan fingerprint density at radius 3 is 2.87 bits per heavy atom. The van der Waals surface area contributed by atoms with E-state index in [-0.39, 0.29) is 18.3 Å². The van der Waals surface area contributed by atoms with Crippen molar-refractivity contribution in [3.63, 3.8) is 0 Å². The maximum atomic E-state index is 11.1. The van der Waals surface area contributed by atoms with Gasteiger partial charge in [-0.1, -0.05) is 0 Å². The number of nitrogens with one attached hydrogen (secondary N) is 1. The quantitative estimate of drug-likeness (QED) is 0.647. The van der Waals surface area contributed by atoms with Crippen LogP contribution in [0.3, 0.4) is 0 Å². The number of halogens is 1. The molecule has 1 aromatic heterocycles. The number of carbonyl (C=O) groups excluding carboxylic acids is 1. The second-order valence-electron chi connectivity index (χ2n) is 2.94. The molecule has 1 amide bonds. The monoisotopic (exact) mass is 231 g/mol. The molecule has 7 heteroatoms. The van der Waals surface area contributed by atoms with Crippen molar-refractivity contribution in [1.29, 1.82) is 0 Å². The largest absolute Gasteiger partial charge is 0.383 e. The van der Waals surface area contributed by atoms with Gasteiger partial charge in [0, 0.05) is 18.3 Å². The predicted octanol–water partition coefficient (Wildman–Crippen LogP) is -0.556. The Balaban J connectivity index is 0.00000196. The van der Waals surface area contributed by atoms with Gasteiger partial charge in [0.25, 0.3) is 0 Å². The second-order valence-corrected chi connectivity index (χ2v) is 2.94. The topological polar surface area (TPSA) is 107 Å². The Bertz CT molecular complexity index is 331. The van der Waals surface area contributed by atoms with Crippen molar-refractivity contribution < 1.29 is 4.79 Å². The number of rotatable bonds is 3. The molecule has 0 saturated carbocycles. The highest BCUT2D eigenvalue weighted by molar-refractivity contribution is 5.85. The SMILES string of the molecule is CC(N)C(=O)NCc1cncnc1N.Cl. The van der Waals surface area contributed by atoms with E-state index in [4.69, 9.17) is 11.5 Å². The molecule has 1 atom stereocenters. The van der Waals surface area contributed by atoms with Gasteiger partial charge in [0.15, 0.2) is 0 Å². The molecule has 0 saturated heterocycles. The standard InChI is InChI=1S/C8H13N5O.ClH/c1-5(9)8(14)12-3-6-2-11-4-13-7(6)10;/h2,4-5H,3,9H2,1H3,(H,12,14)(H2,10,11,13);1H. The maximum Gasteiger partial charge on any atom is 0.236 e. The van der Waals surface area contributed by atoms with Gasteiger partial charge in [-0.25, -0.2) is 9.97 Å². The molecule has 0 spiro atoms. The number of aromatic nitrogens is 2. The molecule has 5 N–H and O–H groups in total.